The van der Waals surface area contributed by atoms with Crippen LogP contribution in [0.5, 0.6) is 0 Å². The summed E-state index contributed by atoms with van der Waals surface area (Å²) in [7, 11) is 1.88. The van der Waals surface area contributed by atoms with Gasteiger partial charge in [0.15, 0.2) is 0 Å². The fourth-order valence-corrected chi connectivity index (χ4v) is 2.82. The van der Waals surface area contributed by atoms with E-state index < -0.39 is 0 Å². The highest BCUT2D eigenvalue weighted by Gasteiger charge is 2.07. The fourth-order valence-electron chi connectivity index (χ4n) is 1.79. The quantitative estimate of drug-likeness (QED) is 0.923. The molecule has 2 rings (SSSR count). The Hall–Kier alpha value is -1.33. The van der Waals surface area contributed by atoms with Crippen LogP contribution in [-0.2, 0) is 13.5 Å². The van der Waals surface area contributed by atoms with Crippen molar-refractivity contribution < 1.29 is 4.39 Å². The van der Waals surface area contributed by atoms with Crippen LogP contribution in [0.1, 0.15) is 11.3 Å². The molecule has 96 valence electrons. The fraction of sp³-hybridized carbons (Fsp3) is 0.308. The van der Waals surface area contributed by atoms with Gasteiger partial charge in [-0.25, -0.2) is 4.39 Å². The van der Waals surface area contributed by atoms with Crippen LogP contribution in [0.3, 0.4) is 0 Å². The third-order valence-electron chi connectivity index (χ3n) is 2.55. The Morgan fingerprint density at radius 3 is 2.72 bits per heavy atom. The zero-order valence-corrected chi connectivity index (χ0v) is 11.3. The van der Waals surface area contributed by atoms with Crippen LogP contribution in [0.15, 0.2) is 34.2 Å². The molecule has 0 bridgehead atoms. The Balaban J connectivity index is 2.25. The molecular weight excluding hydrogens is 249 g/mol. The van der Waals surface area contributed by atoms with Gasteiger partial charge in [-0.2, -0.15) is 5.10 Å². The summed E-state index contributed by atoms with van der Waals surface area (Å²) >= 11 is 1.51. The minimum absolute atomic E-state index is 0.220. The lowest BCUT2D eigenvalue weighted by molar-refractivity contribution is 0.621. The molecule has 1 heterocycles. The molecule has 0 amide bonds. The first-order valence-corrected chi connectivity index (χ1v) is 6.58. The molecule has 1 aromatic carbocycles. The molecule has 0 aliphatic heterocycles. The Kier molecular flexibility index (Phi) is 4.04. The van der Waals surface area contributed by atoms with Crippen LogP contribution in [0, 0.1) is 12.7 Å². The average molecular weight is 265 g/mol. The lowest BCUT2D eigenvalue weighted by atomic mass is 10.1. The predicted octanol–water partition coefficient (Wildman–Crippen LogP) is 2.52. The first kappa shape index (κ1) is 13.1. The van der Waals surface area contributed by atoms with Crippen molar-refractivity contribution in [2.24, 2.45) is 12.8 Å². The molecule has 0 radical (unpaired) electrons. The van der Waals surface area contributed by atoms with Gasteiger partial charge in [0, 0.05) is 11.9 Å². The van der Waals surface area contributed by atoms with Gasteiger partial charge in [0.05, 0.1) is 10.7 Å². The number of hydrogen-bond donors (Lipinski definition) is 1. The van der Waals surface area contributed by atoms with Gasteiger partial charge in [0.1, 0.15) is 5.82 Å². The summed E-state index contributed by atoms with van der Waals surface area (Å²) in [5.41, 5.74) is 7.38. The van der Waals surface area contributed by atoms with Gasteiger partial charge >= 0.3 is 0 Å². The van der Waals surface area contributed by atoms with Crippen LogP contribution >= 0.6 is 11.8 Å². The molecule has 0 unspecified atom stereocenters. The molecule has 18 heavy (non-hydrogen) atoms. The van der Waals surface area contributed by atoms with Gasteiger partial charge in [-0.05, 0) is 49.7 Å². The highest BCUT2D eigenvalue weighted by Crippen LogP contribution is 2.29. The van der Waals surface area contributed by atoms with Gasteiger partial charge in [-0.15, -0.1) is 0 Å². The van der Waals surface area contributed by atoms with E-state index in [1.807, 2.05) is 26.1 Å². The Morgan fingerprint density at radius 2 is 2.11 bits per heavy atom. The van der Waals surface area contributed by atoms with E-state index in [4.69, 9.17) is 5.73 Å². The Morgan fingerprint density at radius 1 is 1.33 bits per heavy atom. The Labute approximate surface area is 110 Å². The summed E-state index contributed by atoms with van der Waals surface area (Å²) < 4.78 is 15.3. The summed E-state index contributed by atoms with van der Waals surface area (Å²) in [5, 5.41) is 5.27. The molecule has 0 fully saturated rings. The predicted molar refractivity (Wildman–Crippen MR) is 71.2 cm³/mol. The molecule has 0 saturated carbocycles. The van der Waals surface area contributed by atoms with Gasteiger partial charge in [-0.3, -0.25) is 4.68 Å². The second kappa shape index (κ2) is 5.54. The third kappa shape index (κ3) is 3.11. The number of rotatable bonds is 4. The molecule has 2 N–H and O–H groups in total. The second-order valence-electron chi connectivity index (χ2n) is 4.18. The number of hydrogen-bond acceptors (Lipinski definition) is 3. The van der Waals surface area contributed by atoms with Crippen molar-refractivity contribution in [3.63, 3.8) is 0 Å². The smallest absolute Gasteiger partial charge is 0.124 e. The lowest BCUT2D eigenvalue weighted by Crippen LogP contribution is -2.03. The van der Waals surface area contributed by atoms with Crippen LogP contribution in [0.2, 0.25) is 0 Å². The molecular formula is C13H16FN3S. The Bertz CT molecular complexity index is 551. The highest BCUT2D eigenvalue weighted by molar-refractivity contribution is 7.99. The van der Waals surface area contributed by atoms with E-state index in [1.54, 1.807) is 4.68 Å². The van der Waals surface area contributed by atoms with E-state index in [-0.39, 0.29) is 5.82 Å². The molecule has 5 heteroatoms. The highest BCUT2D eigenvalue weighted by atomic mass is 32.2. The molecule has 1 aromatic heterocycles. The first-order chi connectivity index (χ1) is 8.58. The molecule has 0 spiro atoms. The minimum atomic E-state index is -0.220. The number of aryl methyl sites for hydroxylation is 2. The number of nitrogens with two attached hydrogens (primary N) is 1. The van der Waals surface area contributed by atoms with Crippen molar-refractivity contribution >= 4 is 11.8 Å². The molecule has 0 aliphatic rings. The van der Waals surface area contributed by atoms with E-state index >= 15 is 0 Å². The van der Waals surface area contributed by atoms with Crippen LogP contribution < -0.4 is 5.73 Å². The monoisotopic (exact) mass is 265 g/mol. The van der Waals surface area contributed by atoms with Crippen molar-refractivity contribution in [1.29, 1.82) is 0 Å². The number of benzene rings is 1. The SMILES string of the molecule is Cc1cc(Sc2cc(F)cc(CCN)c2)n(C)n1. The lowest BCUT2D eigenvalue weighted by Gasteiger charge is -2.05. The molecule has 0 aliphatic carbocycles. The van der Waals surface area contributed by atoms with E-state index in [0.717, 1.165) is 21.2 Å². The van der Waals surface area contributed by atoms with Crippen molar-refractivity contribution in [2.45, 2.75) is 23.3 Å². The van der Waals surface area contributed by atoms with E-state index in [0.29, 0.717) is 13.0 Å². The summed E-state index contributed by atoms with van der Waals surface area (Å²) in [6, 6.07) is 7.03. The van der Waals surface area contributed by atoms with Crippen LogP contribution in [0.4, 0.5) is 4.39 Å². The summed E-state index contributed by atoms with van der Waals surface area (Å²) in [6.45, 7) is 2.47. The maximum absolute atomic E-state index is 13.5. The van der Waals surface area contributed by atoms with Gasteiger partial charge in [0.25, 0.3) is 0 Å². The van der Waals surface area contributed by atoms with Crippen molar-refractivity contribution in [3.05, 3.63) is 41.3 Å². The maximum atomic E-state index is 13.5. The third-order valence-corrected chi connectivity index (χ3v) is 3.61. The zero-order valence-electron chi connectivity index (χ0n) is 10.5. The largest absolute Gasteiger partial charge is 0.330 e. The van der Waals surface area contributed by atoms with E-state index in [9.17, 15) is 4.39 Å². The van der Waals surface area contributed by atoms with E-state index in [2.05, 4.69) is 5.10 Å². The van der Waals surface area contributed by atoms with Crippen LogP contribution in [-0.4, -0.2) is 16.3 Å². The van der Waals surface area contributed by atoms with Gasteiger partial charge in [-0.1, -0.05) is 11.8 Å². The van der Waals surface area contributed by atoms with Crippen molar-refractivity contribution in [1.82, 2.24) is 9.78 Å². The topological polar surface area (TPSA) is 43.8 Å². The summed E-state index contributed by atoms with van der Waals surface area (Å²) in [6.07, 6.45) is 0.690. The maximum Gasteiger partial charge on any atom is 0.124 e. The standard InChI is InChI=1S/C13H16FN3S/c1-9-5-13(17(2)16-9)18-12-7-10(3-4-15)6-11(14)8-12/h5-8H,3-4,15H2,1-2H3. The average Bonchev–Trinajstić information content (AvgIpc) is 2.57. The minimum Gasteiger partial charge on any atom is -0.330 e. The van der Waals surface area contributed by atoms with E-state index in [1.165, 1.54) is 23.9 Å². The number of aromatic nitrogens is 2. The number of nitrogens with zero attached hydrogens (tertiary/aromatic N) is 2. The second-order valence-corrected chi connectivity index (χ2v) is 5.28. The number of halogens is 1. The molecule has 2 aromatic rings. The van der Waals surface area contributed by atoms with Gasteiger partial charge in [0.2, 0.25) is 0 Å². The summed E-state index contributed by atoms with van der Waals surface area (Å²) in [5.74, 6) is -0.220. The first-order valence-electron chi connectivity index (χ1n) is 5.76. The van der Waals surface area contributed by atoms with Crippen LogP contribution in [0.25, 0.3) is 0 Å². The summed E-state index contributed by atoms with van der Waals surface area (Å²) in [4.78, 5) is 0.876. The normalized spacial score (nSPS) is 10.9. The molecule has 3 nitrogen and oxygen atoms in total. The molecule has 0 saturated heterocycles. The molecule has 0 atom stereocenters. The van der Waals surface area contributed by atoms with Crippen molar-refractivity contribution in [2.75, 3.05) is 6.54 Å². The van der Waals surface area contributed by atoms with Gasteiger partial charge < -0.3 is 5.73 Å². The zero-order chi connectivity index (χ0) is 13.1. The van der Waals surface area contributed by atoms with Crippen molar-refractivity contribution in [3.8, 4) is 0 Å².